The summed E-state index contributed by atoms with van der Waals surface area (Å²) in [4.78, 5) is 4.85. The van der Waals surface area contributed by atoms with Gasteiger partial charge in [0.05, 0.1) is 10.7 Å². The summed E-state index contributed by atoms with van der Waals surface area (Å²) >= 11 is 5.93. The molecule has 0 amide bonds. The van der Waals surface area contributed by atoms with Crippen molar-refractivity contribution in [3.05, 3.63) is 35.1 Å². The van der Waals surface area contributed by atoms with Crippen molar-refractivity contribution in [2.45, 2.75) is 6.92 Å². The predicted octanol–water partition coefficient (Wildman–Crippen LogP) is 2.14. The van der Waals surface area contributed by atoms with Gasteiger partial charge in [0.2, 0.25) is 0 Å². The Balaban J connectivity index is 2.60. The van der Waals surface area contributed by atoms with Gasteiger partial charge in [0.1, 0.15) is 11.4 Å². The summed E-state index contributed by atoms with van der Waals surface area (Å²) in [5, 5.41) is 13.7. The van der Waals surface area contributed by atoms with Gasteiger partial charge in [-0.25, -0.2) is 0 Å². The highest BCUT2D eigenvalue weighted by molar-refractivity contribution is 6.32. The summed E-state index contributed by atoms with van der Waals surface area (Å²) in [5.74, 6) is 0. The van der Waals surface area contributed by atoms with Gasteiger partial charge in [0.15, 0.2) is 0 Å². The van der Waals surface area contributed by atoms with Crippen LogP contribution < -0.4 is 0 Å². The predicted molar refractivity (Wildman–Crippen MR) is 52.4 cm³/mol. The van der Waals surface area contributed by atoms with E-state index in [9.17, 15) is 5.21 Å². The third-order valence-electron chi connectivity index (χ3n) is 1.81. The molecule has 0 atom stereocenters. The molecule has 0 aliphatic heterocycles. The zero-order valence-electron chi connectivity index (χ0n) is 7.48. The molecule has 1 N–H and O–H groups in total. The lowest BCUT2D eigenvalue weighted by atomic mass is 10.2. The Kier molecular flexibility index (Phi) is 2.13. The van der Waals surface area contributed by atoms with Crippen molar-refractivity contribution in [2.24, 2.45) is 0 Å². The van der Waals surface area contributed by atoms with Crippen molar-refractivity contribution < 1.29 is 5.21 Å². The van der Waals surface area contributed by atoms with Crippen LogP contribution in [0.1, 0.15) is 5.69 Å². The van der Waals surface area contributed by atoms with E-state index in [0.717, 1.165) is 4.85 Å². The fourth-order valence-corrected chi connectivity index (χ4v) is 1.44. The molecule has 72 valence electrons. The number of hydrogen-bond acceptors (Lipinski definition) is 3. The van der Waals surface area contributed by atoms with Gasteiger partial charge in [-0.05, 0) is 25.1 Å². The number of halogens is 1. The van der Waals surface area contributed by atoms with Crippen LogP contribution in [-0.4, -0.2) is 20.1 Å². The van der Waals surface area contributed by atoms with E-state index in [2.05, 4.69) is 10.1 Å². The Hall–Kier alpha value is -1.55. The molecule has 0 fully saturated rings. The minimum absolute atomic E-state index is 0.489. The summed E-state index contributed by atoms with van der Waals surface area (Å²) in [7, 11) is 0. The molecule has 4 nitrogen and oxygen atoms in total. The lowest BCUT2D eigenvalue weighted by Gasteiger charge is -2.00. The van der Waals surface area contributed by atoms with Gasteiger partial charge >= 0.3 is 0 Å². The normalized spacial score (nSPS) is 10.4. The van der Waals surface area contributed by atoms with E-state index in [1.807, 2.05) is 0 Å². The molecule has 0 aliphatic rings. The van der Waals surface area contributed by atoms with Crippen LogP contribution >= 0.6 is 11.6 Å². The molecule has 2 rings (SSSR count). The number of hydrogen-bond donors (Lipinski definition) is 1. The number of pyridine rings is 1. The number of nitrogens with zero attached hydrogens (tertiary/aromatic N) is 3. The Labute approximate surface area is 85.7 Å². The summed E-state index contributed by atoms with van der Waals surface area (Å²) < 4.78 is 0. The van der Waals surface area contributed by atoms with Gasteiger partial charge in [0.25, 0.3) is 0 Å². The van der Waals surface area contributed by atoms with Crippen molar-refractivity contribution in [3.63, 3.8) is 0 Å². The van der Waals surface area contributed by atoms with Crippen molar-refractivity contribution >= 4 is 11.6 Å². The summed E-state index contributed by atoms with van der Waals surface area (Å²) in [6, 6.07) is 5.16. The van der Waals surface area contributed by atoms with Gasteiger partial charge in [-0.2, -0.15) is 0 Å². The smallest absolute Gasteiger partial charge is 0.130 e. The Morgan fingerprint density at radius 3 is 2.86 bits per heavy atom. The average Bonchev–Trinajstić information content (AvgIpc) is 2.46. The van der Waals surface area contributed by atoms with Crippen LogP contribution in [0.15, 0.2) is 24.4 Å². The maximum Gasteiger partial charge on any atom is 0.130 e. The molecule has 2 heterocycles. The van der Waals surface area contributed by atoms with E-state index in [-0.39, 0.29) is 0 Å². The van der Waals surface area contributed by atoms with Crippen molar-refractivity contribution in [2.75, 3.05) is 0 Å². The number of rotatable bonds is 1. The molecule has 2 aromatic rings. The highest BCUT2D eigenvalue weighted by Gasteiger charge is 2.11. The van der Waals surface area contributed by atoms with Gasteiger partial charge in [-0.1, -0.05) is 16.4 Å². The largest absolute Gasteiger partial charge is 0.411 e. The first kappa shape index (κ1) is 9.02. The molecule has 0 aliphatic carbocycles. The minimum Gasteiger partial charge on any atom is -0.411 e. The molecule has 0 bridgehead atoms. The van der Waals surface area contributed by atoms with E-state index >= 15 is 0 Å². The van der Waals surface area contributed by atoms with Crippen LogP contribution in [0.5, 0.6) is 0 Å². The first-order valence-corrected chi connectivity index (χ1v) is 4.43. The SMILES string of the molecule is Cc1cc(-c2ncccc2Cl)n(O)n1. The highest BCUT2D eigenvalue weighted by Crippen LogP contribution is 2.24. The van der Waals surface area contributed by atoms with Crippen molar-refractivity contribution in [3.8, 4) is 11.4 Å². The van der Waals surface area contributed by atoms with Crippen molar-refractivity contribution in [1.82, 2.24) is 14.9 Å². The van der Waals surface area contributed by atoms with Gasteiger partial charge < -0.3 is 5.21 Å². The monoisotopic (exact) mass is 209 g/mol. The van der Waals surface area contributed by atoms with Gasteiger partial charge in [-0.3, -0.25) is 4.98 Å². The Morgan fingerprint density at radius 1 is 1.50 bits per heavy atom. The fraction of sp³-hybridized carbons (Fsp3) is 0.111. The maximum absolute atomic E-state index is 9.42. The zero-order valence-corrected chi connectivity index (χ0v) is 8.23. The van der Waals surface area contributed by atoms with E-state index in [0.29, 0.717) is 22.1 Å². The van der Waals surface area contributed by atoms with Crippen LogP contribution in [0.4, 0.5) is 0 Å². The highest BCUT2D eigenvalue weighted by atomic mass is 35.5. The number of aromatic nitrogens is 3. The van der Waals surface area contributed by atoms with E-state index in [1.165, 1.54) is 0 Å². The zero-order chi connectivity index (χ0) is 10.1. The van der Waals surface area contributed by atoms with E-state index in [1.54, 1.807) is 31.3 Å². The molecule has 0 saturated heterocycles. The first-order chi connectivity index (χ1) is 6.68. The number of aryl methyl sites for hydroxylation is 1. The molecule has 0 radical (unpaired) electrons. The van der Waals surface area contributed by atoms with Crippen LogP contribution in [0.3, 0.4) is 0 Å². The Bertz CT molecular complexity index is 467. The Morgan fingerprint density at radius 2 is 2.29 bits per heavy atom. The van der Waals surface area contributed by atoms with Crippen LogP contribution in [0.2, 0.25) is 5.02 Å². The fourth-order valence-electron chi connectivity index (χ4n) is 1.22. The standard InChI is InChI=1S/C9H8ClN3O/c1-6-5-8(13(14)12-6)9-7(10)3-2-4-11-9/h2-5,14H,1H3. The van der Waals surface area contributed by atoms with Gasteiger partial charge in [0, 0.05) is 6.20 Å². The molecule has 2 aromatic heterocycles. The second-order valence-corrected chi connectivity index (χ2v) is 3.30. The van der Waals surface area contributed by atoms with Crippen LogP contribution in [0.25, 0.3) is 11.4 Å². The quantitative estimate of drug-likeness (QED) is 0.733. The summed E-state index contributed by atoms with van der Waals surface area (Å²) in [6.45, 7) is 1.78. The summed E-state index contributed by atoms with van der Waals surface area (Å²) in [6.07, 6.45) is 1.61. The second-order valence-electron chi connectivity index (χ2n) is 2.89. The molecule has 14 heavy (non-hydrogen) atoms. The molecule has 0 spiro atoms. The van der Waals surface area contributed by atoms with Crippen LogP contribution in [0, 0.1) is 6.92 Å². The topological polar surface area (TPSA) is 50.9 Å². The lowest BCUT2D eigenvalue weighted by molar-refractivity contribution is 0.152. The molecular formula is C9H8ClN3O. The molecule has 0 aromatic carbocycles. The maximum atomic E-state index is 9.42. The summed E-state index contributed by atoms with van der Waals surface area (Å²) in [5.41, 5.74) is 1.73. The van der Waals surface area contributed by atoms with Crippen LogP contribution in [-0.2, 0) is 0 Å². The minimum atomic E-state index is 0.489. The molecule has 0 unspecified atom stereocenters. The second kappa shape index (κ2) is 3.31. The van der Waals surface area contributed by atoms with E-state index < -0.39 is 0 Å². The third kappa shape index (κ3) is 1.44. The third-order valence-corrected chi connectivity index (χ3v) is 2.12. The lowest BCUT2D eigenvalue weighted by Crippen LogP contribution is -1.97. The average molecular weight is 210 g/mol. The molecular weight excluding hydrogens is 202 g/mol. The van der Waals surface area contributed by atoms with E-state index in [4.69, 9.17) is 11.6 Å². The molecule has 5 heteroatoms. The molecule has 0 saturated carbocycles. The van der Waals surface area contributed by atoms with Gasteiger partial charge in [-0.15, -0.1) is 5.10 Å². The van der Waals surface area contributed by atoms with Crippen molar-refractivity contribution in [1.29, 1.82) is 0 Å². The first-order valence-electron chi connectivity index (χ1n) is 4.05.